The molecule has 1 unspecified atom stereocenters. The summed E-state index contributed by atoms with van der Waals surface area (Å²) >= 11 is 0. The highest BCUT2D eigenvalue weighted by Crippen LogP contribution is 2.38. The van der Waals surface area contributed by atoms with Crippen molar-refractivity contribution in [3.05, 3.63) is 48.0 Å². The second-order valence-electron chi connectivity index (χ2n) is 6.38. The van der Waals surface area contributed by atoms with Gasteiger partial charge in [-0.3, -0.25) is 0 Å². The molecule has 20 heavy (non-hydrogen) atoms. The summed E-state index contributed by atoms with van der Waals surface area (Å²) in [6.07, 6.45) is 8.43. The molecular weight excluding hydrogens is 240 g/mol. The van der Waals surface area contributed by atoms with Crippen LogP contribution in [0.25, 0.3) is 0 Å². The van der Waals surface area contributed by atoms with Gasteiger partial charge in [0.05, 0.1) is 0 Å². The van der Waals surface area contributed by atoms with E-state index in [2.05, 4.69) is 62.6 Å². The lowest BCUT2D eigenvalue weighted by Gasteiger charge is -2.34. The maximum absolute atomic E-state index is 3.99. The van der Waals surface area contributed by atoms with Crippen molar-refractivity contribution in [1.29, 1.82) is 0 Å². The average molecular weight is 266 g/mol. The Bertz CT molecular complexity index is 477. The molecule has 0 heterocycles. The number of hydrogen-bond acceptors (Lipinski definition) is 0. The van der Waals surface area contributed by atoms with E-state index in [1.165, 1.54) is 24.8 Å². The Balaban J connectivity index is 1.73. The maximum Gasteiger partial charge on any atom is 0.0245 e. The topological polar surface area (TPSA) is 0 Å². The first-order chi connectivity index (χ1) is 9.67. The molecular formula is C20H26. The summed E-state index contributed by atoms with van der Waals surface area (Å²) in [6, 6.07) is 8.44. The first kappa shape index (κ1) is 14.9. The third kappa shape index (κ3) is 4.57. The third-order valence-electron chi connectivity index (χ3n) is 4.37. The molecule has 1 aromatic carbocycles. The van der Waals surface area contributed by atoms with E-state index in [0.717, 1.165) is 30.2 Å². The minimum absolute atomic E-state index is 0.653. The highest BCUT2D eigenvalue weighted by Gasteiger charge is 2.26. The number of hydrogen-bond donors (Lipinski definition) is 0. The summed E-state index contributed by atoms with van der Waals surface area (Å²) < 4.78 is 0. The molecule has 1 saturated carbocycles. The fraction of sp³-hybridized carbons (Fsp3) is 0.500. The molecule has 0 nitrogen and oxygen atoms in total. The largest absolute Gasteiger partial charge is 0.103 e. The number of allylic oxidation sites excluding steroid dienone is 1. The van der Waals surface area contributed by atoms with E-state index in [-0.39, 0.29) is 0 Å². The Morgan fingerprint density at radius 2 is 2.00 bits per heavy atom. The number of benzene rings is 1. The average Bonchev–Trinajstić information content (AvgIpc) is 2.42. The van der Waals surface area contributed by atoms with Gasteiger partial charge < -0.3 is 0 Å². The molecule has 0 aliphatic heterocycles. The van der Waals surface area contributed by atoms with Gasteiger partial charge in [-0.25, -0.2) is 0 Å². The monoisotopic (exact) mass is 266 g/mol. The summed E-state index contributed by atoms with van der Waals surface area (Å²) in [5.41, 5.74) is 2.41. The summed E-state index contributed by atoms with van der Waals surface area (Å²) in [7, 11) is 0. The van der Waals surface area contributed by atoms with E-state index in [1.54, 1.807) is 0 Å². The Labute approximate surface area is 124 Å². The quantitative estimate of drug-likeness (QED) is 0.497. The molecule has 1 fully saturated rings. The first-order valence-corrected chi connectivity index (χ1v) is 7.85. The smallest absolute Gasteiger partial charge is 0.0245 e. The molecule has 1 aliphatic rings. The van der Waals surface area contributed by atoms with Crippen molar-refractivity contribution in [2.75, 3.05) is 0 Å². The summed E-state index contributed by atoms with van der Waals surface area (Å²) in [5.74, 6) is 9.11. The van der Waals surface area contributed by atoms with Gasteiger partial charge in [-0.2, -0.15) is 0 Å². The van der Waals surface area contributed by atoms with Crippen molar-refractivity contribution < 1.29 is 0 Å². The van der Waals surface area contributed by atoms with Crippen LogP contribution < -0.4 is 0 Å². The van der Waals surface area contributed by atoms with Crippen LogP contribution in [-0.4, -0.2) is 0 Å². The van der Waals surface area contributed by atoms with Gasteiger partial charge in [-0.05, 0) is 62.5 Å². The zero-order valence-corrected chi connectivity index (χ0v) is 12.9. The van der Waals surface area contributed by atoms with Crippen LogP contribution in [0.4, 0.5) is 0 Å². The lowest BCUT2D eigenvalue weighted by molar-refractivity contribution is 0.181. The van der Waals surface area contributed by atoms with Crippen molar-refractivity contribution in [3.8, 4) is 11.8 Å². The van der Waals surface area contributed by atoms with Crippen LogP contribution >= 0.6 is 0 Å². The molecule has 0 bridgehead atoms. The van der Waals surface area contributed by atoms with Gasteiger partial charge in [-0.1, -0.05) is 42.5 Å². The Morgan fingerprint density at radius 1 is 1.30 bits per heavy atom. The highest BCUT2D eigenvalue weighted by molar-refractivity contribution is 5.35. The Kier molecular flexibility index (Phi) is 5.48. The molecule has 1 aliphatic carbocycles. The van der Waals surface area contributed by atoms with Crippen molar-refractivity contribution in [3.63, 3.8) is 0 Å². The maximum atomic E-state index is 3.99. The van der Waals surface area contributed by atoms with Gasteiger partial charge >= 0.3 is 0 Å². The van der Waals surface area contributed by atoms with E-state index in [4.69, 9.17) is 0 Å². The van der Waals surface area contributed by atoms with Gasteiger partial charge in [0.2, 0.25) is 0 Å². The van der Waals surface area contributed by atoms with Gasteiger partial charge in [0.1, 0.15) is 0 Å². The van der Waals surface area contributed by atoms with Gasteiger partial charge in [-0.15, -0.1) is 6.58 Å². The minimum Gasteiger partial charge on any atom is -0.103 e. The van der Waals surface area contributed by atoms with Crippen LogP contribution in [0, 0.1) is 36.5 Å². The van der Waals surface area contributed by atoms with Crippen LogP contribution in [0.2, 0.25) is 0 Å². The normalized spacial score (nSPS) is 22.3. The molecule has 0 radical (unpaired) electrons. The molecule has 0 saturated heterocycles. The van der Waals surface area contributed by atoms with E-state index < -0.39 is 0 Å². The first-order valence-electron chi connectivity index (χ1n) is 7.85. The number of rotatable bonds is 5. The molecule has 0 heteroatoms. The van der Waals surface area contributed by atoms with Crippen LogP contribution in [0.5, 0.6) is 0 Å². The van der Waals surface area contributed by atoms with Crippen LogP contribution in [0.1, 0.15) is 50.2 Å². The Hall–Kier alpha value is -1.48. The summed E-state index contributed by atoms with van der Waals surface area (Å²) in [6.45, 7) is 8.45. The SMILES string of the molecule is C=CC(CCC#Cc1ccc(C)cc1)CC1CC(C)C1. The van der Waals surface area contributed by atoms with E-state index in [0.29, 0.717) is 5.92 Å². The summed E-state index contributed by atoms with van der Waals surface area (Å²) in [5, 5.41) is 0. The van der Waals surface area contributed by atoms with Gasteiger partial charge in [0, 0.05) is 12.0 Å². The lowest BCUT2D eigenvalue weighted by Crippen LogP contribution is -2.23. The van der Waals surface area contributed by atoms with Crippen molar-refractivity contribution >= 4 is 0 Å². The van der Waals surface area contributed by atoms with Gasteiger partial charge in [0.25, 0.3) is 0 Å². The molecule has 1 aromatic rings. The minimum atomic E-state index is 0.653. The molecule has 2 rings (SSSR count). The molecule has 0 spiro atoms. The third-order valence-corrected chi connectivity index (χ3v) is 4.37. The second-order valence-corrected chi connectivity index (χ2v) is 6.38. The predicted octanol–water partition coefficient (Wildman–Crippen LogP) is 5.37. The zero-order valence-electron chi connectivity index (χ0n) is 12.9. The standard InChI is InChI=1S/C20H26/c1-4-18(15-20-13-17(3)14-20)7-5-6-8-19-11-9-16(2)10-12-19/h4,9-12,17-18,20H,1,5,7,13-15H2,2-3H3. The van der Waals surface area contributed by atoms with E-state index in [1.807, 2.05) is 0 Å². The molecule has 106 valence electrons. The fourth-order valence-electron chi connectivity index (χ4n) is 3.08. The fourth-order valence-corrected chi connectivity index (χ4v) is 3.08. The predicted molar refractivity (Wildman–Crippen MR) is 87.5 cm³/mol. The lowest BCUT2D eigenvalue weighted by atomic mass is 9.71. The highest BCUT2D eigenvalue weighted by atomic mass is 14.3. The summed E-state index contributed by atoms with van der Waals surface area (Å²) in [4.78, 5) is 0. The van der Waals surface area contributed by atoms with Crippen LogP contribution in [0.3, 0.4) is 0 Å². The molecule has 0 aromatic heterocycles. The van der Waals surface area contributed by atoms with Crippen molar-refractivity contribution in [1.82, 2.24) is 0 Å². The Morgan fingerprint density at radius 3 is 2.60 bits per heavy atom. The van der Waals surface area contributed by atoms with Gasteiger partial charge in [0.15, 0.2) is 0 Å². The number of aryl methyl sites for hydroxylation is 1. The second kappa shape index (κ2) is 7.34. The van der Waals surface area contributed by atoms with Crippen molar-refractivity contribution in [2.24, 2.45) is 17.8 Å². The van der Waals surface area contributed by atoms with E-state index in [9.17, 15) is 0 Å². The molecule has 0 N–H and O–H groups in total. The van der Waals surface area contributed by atoms with Crippen LogP contribution in [0.15, 0.2) is 36.9 Å². The van der Waals surface area contributed by atoms with E-state index >= 15 is 0 Å². The van der Waals surface area contributed by atoms with Crippen molar-refractivity contribution in [2.45, 2.75) is 46.0 Å². The van der Waals surface area contributed by atoms with Crippen LogP contribution in [-0.2, 0) is 0 Å². The zero-order chi connectivity index (χ0) is 14.4. The molecule has 0 amide bonds. The molecule has 1 atom stereocenters.